The molecule has 4 N–H and O–H groups in total. The van der Waals surface area contributed by atoms with Gasteiger partial charge >= 0.3 is 6.18 Å². The first-order chi connectivity index (χ1) is 16.4. The summed E-state index contributed by atoms with van der Waals surface area (Å²) in [5, 5.41) is 3.25. The van der Waals surface area contributed by atoms with Crippen molar-refractivity contribution in [2.45, 2.75) is 81.4 Å². The molecule has 1 aromatic rings. The lowest BCUT2D eigenvalue weighted by molar-refractivity contribution is -0.139. The normalized spacial score (nSPS) is 26.8. The molecule has 0 aliphatic heterocycles. The summed E-state index contributed by atoms with van der Waals surface area (Å²) in [6.45, 7) is 8.04. The number of carbonyl (C=O) groups is 2. The lowest BCUT2D eigenvalue weighted by Gasteiger charge is -2.41. The van der Waals surface area contributed by atoms with E-state index in [1.807, 2.05) is 20.0 Å². The van der Waals surface area contributed by atoms with E-state index in [1.165, 1.54) is 12.1 Å². The molecular weight excluding hydrogens is 475 g/mol. The minimum Gasteiger partial charge on any atom is -0.369 e. The first-order valence-electron chi connectivity index (χ1n) is 12.1. The van der Waals surface area contributed by atoms with Gasteiger partial charge in [-0.2, -0.15) is 13.2 Å². The van der Waals surface area contributed by atoms with Crippen molar-refractivity contribution >= 4 is 24.1 Å². The Morgan fingerprint density at radius 2 is 1.89 bits per heavy atom. The van der Waals surface area contributed by atoms with Gasteiger partial charge < -0.3 is 15.8 Å². The first kappa shape index (κ1) is 29.4. The molecule has 0 radical (unpaired) electrons. The monoisotopic (exact) mass is 513 g/mol. The average molecular weight is 514 g/mol. The van der Waals surface area contributed by atoms with Crippen molar-refractivity contribution in [1.82, 2.24) is 10.0 Å². The molecule has 1 aromatic carbocycles. The Morgan fingerprint density at radius 3 is 2.40 bits per heavy atom. The fraction of sp³-hybridized carbons (Fsp3) is 0.615. The highest BCUT2D eigenvalue weighted by atomic mass is 32.2. The Hall–Kier alpha value is -1.84. The van der Waals surface area contributed by atoms with E-state index in [4.69, 9.17) is 5.73 Å². The Morgan fingerprint density at radius 1 is 1.26 bits per heavy atom. The van der Waals surface area contributed by atoms with E-state index < -0.39 is 17.3 Å². The van der Waals surface area contributed by atoms with Gasteiger partial charge in [-0.1, -0.05) is 44.9 Å². The summed E-state index contributed by atoms with van der Waals surface area (Å²) in [6, 6.07) is 5.65. The highest BCUT2D eigenvalue weighted by Crippen LogP contribution is 2.43. The average Bonchev–Trinajstić information content (AvgIpc) is 3.27. The smallest absolute Gasteiger partial charge is 0.369 e. The molecular formula is C26H38F3N3O2S. The van der Waals surface area contributed by atoms with Gasteiger partial charge in [0, 0.05) is 16.4 Å². The highest BCUT2D eigenvalue weighted by molar-refractivity contribution is 7.97. The van der Waals surface area contributed by atoms with Crippen molar-refractivity contribution < 1.29 is 22.8 Å². The van der Waals surface area contributed by atoms with Crippen LogP contribution in [0.1, 0.15) is 64.4 Å². The lowest BCUT2D eigenvalue weighted by atomic mass is 9.65. The predicted molar refractivity (Wildman–Crippen MR) is 135 cm³/mol. The van der Waals surface area contributed by atoms with Gasteiger partial charge in [-0.25, -0.2) is 4.72 Å². The largest absolute Gasteiger partial charge is 0.417 e. The summed E-state index contributed by atoms with van der Waals surface area (Å²) in [5.41, 5.74) is 3.83. The molecule has 9 heteroatoms. The summed E-state index contributed by atoms with van der Waals surface area (Å²) in [6.07, 6.45) is 4.50. The lowest BCUT2D eigenvalue weighted by Crippen LogP contribution is -2.45. The maximum atomic E-state index is 12.8. The topological polar surface area (TPSA) is 84.2 Å². The van der Waals surface area contributed by atoms with E-state index in [1.54, 1.807) is 6.07 Å². The number of nitrogens with one attached hydrogen (secondary N) is 2. The Kier molecular flexibility index (Phi) is 10.4. The molecule has 196 valence electrons. The molecule has 35 heavy (non-hydrogen) atoms. The summed E-state index contributed by atoms with van der Waals surface area (Å²) >= 11 is 0.893. The highest BCUT2D eigenvalue weighted by Gasteiger charge is 2.41. The summed E-state index contributed by atoms with van der Waals surface area (Å²) < 4.78 is 41.4. The van der Waals surface area contributed by atoms with Gasteiger partial charge in [0.25, 0.3) is 0 Å². The number of halogens is 3. The van der Waals surface area contributed by atoms with Crippen LogP contribution in [0.15, 0.2) is 41.8 Å². The third-order valence-corrected chi connectivity index (χ3v) is 8.27. The van der Waals surface area contributed by atoms with E-state index in [2.05, 4.69) is 23.5 Å². The van der Waals surface area contributed by atoms with Crippen LogP contribution in [0.25, 0.3) is 0 Å². The maximum absolute atomic E-state index is 12.8. The zero-order valence-corrected chi connectivity index (χ0v) is 21.6. The van der Waals surface area contributed by atoms with E-state index >= 15 is 0 Å². The third kappa shape index (κ3) is 7.82. The number of benzene rings is 1. The van der Waals surface area contributed by atoms with Crippen LogP contribution in [0, 0.1) is 17.3 Å². The van der Waals surface area contributed by atoms with E-state index in [0.717, 1.165) is 56.4 Å². The van der Waals surface area contributed by atoms with Crippen LogP contribution in [0.4, 0.5) is 13.2 Å². The van der Waals surface area contributed by atoms with Gasteiger partial charge in [0.05, 0.1) is 11.1 Å². The molecule has 5 nitrogen and oxygen atoms in total. The molecule has 0 heterocycles. The number of amides is 1. The first-order valence-corrected chi connectivity index (χ1v) is 12.9. The van der Waals surface area contributed by atoms with Gasteiger partial charge in [-0.05, 0) is 75.1 Å². The maximum Gasteiger partial charge on any atom is 0.417 e. The second kappa shape index (κ2) is 12.4. The number of hydrogen-bond donors (Lipinski definition) is 3. The molecule has 0 aromatic heterocycles. The van der Waals surface area contributed by atoms with Crippen molar-refractivity contribution in [3.8, 4) is 0 Å². The molecule has 2 aliphatic rings. The summed E-state index contributed by atoms with van der Waals surface area (Å²) in [4.78, 5) is 22.8. The molecule has 2 fully saturated rings. The van der Waals surface area contributed by atoms with Crippen LogP contribution in [0.2, 0.25) is 0 Å². The van der Waals surface area contributed by atoms with Crippen molar-refractivity contribution in [3.05, 3.63) is 42.5 Å². The summed E-state index contributed by atoms with van der Waals surface area (Å²) in [5.74, 6) is 0.846. The van der Waals surface area contributed by atoms with Gasteiger partial charge in [-0.15, -0.1) is 6.58 Å². The van der Waals surface area contributed by atoms with Crippen LogP contribution in [-0.4, -0.2) is 30.8 Å². The molecule has 4 atom stereocenters. The van der Waals surface area contributed by atoms with E-state index in [9.17, 15) is 22.8 Å². The number of alkyl halides is 3. The fourth-order valence-corrected chi connectivity index (χ4v) is 6.34. The minimum atomic E-state index is -4.38. The van der Waals surface area contributed by atoms with Gasteiger partial charge in [-0.3, -0.25) is 4.79 Å². The molecule has 3 rings (SSSR count). The van der Waals surface area contributed by atoms with Crippen LogP contribution >= 0.6 is 11.9 Å². The molecule has 1 amide bonds. The van der Waals surface area contributed by atoms with Crippen molar-refractivity contribution in [1.29, 1.82) is 0 Å². The molecule has 0 saturated heterocycles. The second-order valence-corrected chi connectivity index (χ2v) is 11.0. The minimum absolute atomic E-state index is 0.100. The van der Waals surface area contributed by atoms with Crippen molar-refractivity contribution in [2.24, 2.45) is 23.0 Å². The van der Waals surface area contributed by atoms with E-state index in [-0.39, 0.29) is 22.3 Å². The Labute approximate surface area is 211 Å². The van der Waals surface area contributed by atoms with Crippen LogP contribution in [0.5, 0.6) is 0 Å². The number of hydrogen-bond acceptors (Lipinski definition) is 5. The van der Waals surface area contributed by atoms with Crippen molar-refractivity contribution in [3.63, 3.8) is 0 Å². The van der Waals surface area contributed by atoms with Gasteiger partial charge in [0.15, 0.2) is 0 Å². The number of rotatable bonds is 8. The van der Waals surface area contributed by atoms with Crippen LogP contribution in [0.3, 0.4) is 0 Å². The number of carbonyl (C=O) groups excluding carboxylic acids is 2. The SMILES string of the molecule is C=CC(NC)C1CC(C)CC(C)(C(N)=O)C1.O=CC1(NSc2ccccc2C(F)(F)F)CCCC1. The van der Waals surface area contributed by atoms with E-state index in [0.29, 0.717) is 24.7 Å². The predicted octanol–water partition coefficient (Wildman–Crippen LogP) is 5.50. The summed E-state index contributed by atoms with van der Waals surface area (Å²) in [7, 11) is 1.94. The molecule has 2 aliphatic carbocycles. The molecule has 4 unspecified atom stereocenters. The molecule has 2 saturated carbocycles. The molecule has 0 bridgehead atoms. The van der Waals surface area contributed by atoms with Crippen LogP contribution in [-0.2, 0) is 15.8 Å². The number of primary amides is 1. The second-order valence-electron chi connectivity index (χ2n) is 10.2. The number of likely N-dealkylation sites (N-methyl/N-ethyl adjacent to an activating group) is 1. The fourth-order valence-electron chi connectivity index (χ4n) is 5.33. The number of aldehydes is 1. The molecule has 0 spiro atoms. The van der Waals surface area contributed by atoms with Gasteiger partial charge in [0.1, 0.15) is 6.29 Å². The zero-order chi connectivity index (χ0) is 26.3. The van der Waals surface area contributed by atoms with Gasteiger partial charge in [0.2, 0.25) is 5.91 Å². The third-order valence-electron chi connectivity index (χ3n) is 7.18. The standard InChI is InChI=1S/C13H14F3NOS.C13H24N2O/c14-13(15,16)10-5-1-2-6-11(10)19-17-12(9-18)7-3-4-8-12;1-5-11(15-4)10-6-9(2)7-13(3,8-10)12(14)16/h1-2,5-6,9,17H,3-4,7-8H2;5,9-11,15H,1,6-8H2,2-4H3,(H2,14,16). The zero-order valence-electron chi connectivity index (χ0n) is 20.8. The quantitative estimate of drug-likeness (QED) is 0.243. The Bertz CT molecular complexity index is 874. The van der Waals surface area contributed by atoms with Crippen LogP contribution < -0.4 is 15.8 Å². The number of nitrogens with two attached hydrogens (primary N) is 1. The van der Waals surface area contributed by atoms with Crippen molar-refractivity contribution in [2.75, 3.05) is 7.05 Å². The Balaban J connectivity index is 0.000000251.